The van der Waals surface area contributed by atoms with E-state index in [0.29, 0.717) is 35.9 Å². The van der Waals surface area contributed by atoms with Crippen molar-refractivity contribution in [1.29, 1.82) is 0 Å². The Labute approximate surface area is 196 Å². The quantitative estimate of drug-likeness (QED) is 0.555. The van der Waals surface area contributed by atoms with Gasteiger partial charge in [0.05, 0.1) is 17.2 Å². The molecular weight excluding hydrogens is 443 g/mol. The van der Waals surface area contributed by atoms with E-state index in [2.05, 4.69) is 27.2 Å². The van der Waals surface area contributed by atoms with Gasteiger partial charge in [0.2, 0.25) is 0 Å². The van der Waals surface area contributed by atoms with E-state index in [1.54, 1.807) is 18.5 Å². The van der Waals surface area contributed by atoms with Crippen molar-refractivity contribution in [3.8, 4) is 11.4 Å². The van der Waals surface area contributed by atoms with Gasteiger partial charge in [-0.25, -0.2) is 15.0 Å². The molecule has 0 radical (unpaired) electrons. The van der Waals surface area contributed by atoms with Gasteiger partial charge in [-0.3, -0.25) is 4.79 Å². The van der Waals surface area contributed by atoms with Crippen molar-refractivity contribution >= 4 is 11.7 Å². The normalized spacial score (nSPS) is 18.6. The van der Waals surface area contributed by atoms with Gasteiger partial charge < -0.3 is 10.2 Å². The van der Waals surface area contributed by atoms with Gasteiger partial charge in [-0.1, -0.05) is 25.1 Å². The van der Waals surface area contributed by atoms with E-state index in [9.17, 15) is 18.0 Å². The number of halogens is 3. The number of carbonyl (C=O) groups excluding carboxylic acids is 1. The molecule has 1 aliphatic heterocycles. The zero-order valence-corrected chi connectivity index (χ0v) is 19.0. The molecule has 1 aliphatic rings. The van der Waals surface area contributed by atoms with Gasteiger partial charge in [-0.05, 0) is 49.4 Å². The molecule has 1 unspecified atom stereocenters. The first-order valence-corrected chi connectivity index (χ1v) is 11.2. The zero-order chi connectivity index (χ0) is 24.3. The van der Waals surface area contributed by atoms with Crippen molar-refractivity contribution in [3.05, 3.63) is 71.7 Å². The Morgan fingerprint density at radius 1 is 1.12 bits per heavy atom. The fraction of sp³-hybridized carbons (Fsp3) is 0.360. The number of benzene rings is 1. The Morgan fingerprint density at radius 3 is 2.56 bits per heavy atom. The van der Waals surface area contributed by atoms with Gasteiger partial charge >= 0.3 is 6.18 Å². The first-order chi connectivity index (χ1) is 16.3. The average Bonchev–Trinajstić information content (AvgIpc) is 2.83. The number of alkyl halides is 3. The molecule has 3 aromatic rings. The number of nitrogens with zero attached hydrogens (tertiary/aromatic N) is 4. The van der Waals surface area contributed by atoms with Gasteiger partial charge in [0.15, 0.2) is 5.82 Å². The summed E-state index contributed by atoms with van der Waals surface area (Å²) in [6, 6.07) is 9.52. The van der Waals surface area contributed by atoms with E-state index in [4.69, 9.17) is 0 Å². The number of nitrogens with one attached hydrogen (secondary N) is 1. The number of likely N-dealkylation sites (tertiary alicyclic amines) is 1. The molecular formula is C25H26F3N5O. The third kappa shape index (κ3) is 5.03. The van der Waals surface area contributed by atoms with Crippen LogP contribution in [0.4, 0.5) is 19.0 Å². The predicted octanol–water partition coefficient (Wildman–Crippen LogP) is 5.22. The predicted molar refractivity (Wildman–Crippen MR) is 123 cm³/mol. The number of aromatic nitrogens is 3. The number of piperidine rings is 1. The molecule has 1 saturated heterocycles. The summed E-state index contributed by atoms with van der Waals surface area (Å²) in [5.41, 5.74) is 1.29. The van der Waals surface area contributed by atoms with Gasteiger partial charge in [0.1, 0.15) is 5.82 Å². The minimum Gasteiger partial charge on any atom is -0.368 e. The number of hydrogen-bond acceptors (Lipinski definition) is 5. The van der Waals surface area contributed by atoms with Crippen LogP contribution in [0.5, 0.6) is 0 Å². The summed E-state index contributed by atoms with van der Waals surface area (Å²) < 4.78 is 38.5. The highest BCUT2D eigenvalue weighted by Gasteiger charge is 2.34. The summed E-state index contributed by atoms with van der Waals surface area (Å²) in [6.45, 7) is 4.96. The van der Waals surface area contributed by atoms with Crippen LogP contribution in [0.2, 0.25) is 0 Å². The molecule has 1 fully saturated rings. The number of carbonyl (C=O) groups is 1. The minimum atomic E-state index is -4.43. The number of pyridine rings is 1. The van der Waals surface area contributed by atoms with Crippen molar-refractivity contribution in [3.63, 3.8) is 0 Å². The number of amides is 1. The summed E-state index contributed by atoms with van der Waals surface area (Å²) in [6.07, 6.45) is 1.51. The summed E-state index contributed by atoms with van der Waals surface area (Å²) >= 11 is 0. The molecule has 34 heavy (non-hydrogen) atoms. The van der Waals surface area contributed by atoms with Gasteiger partial charge in [0, 0.05) is 37.2 Å². The van der Waals surface area contributed by atoms with Gasteiger partial charge in [-0.2, -0.15) is 13.2 Å². The van der Waals surface area contributed by atoms with E-state index in [0.717, 1.165) is 30.7 Å². The molecule has 2 atom stereocenters. The Kier molecular flexibility index (Phi) is 6.81. The lowest BCUT2D eigenvalue weighted by molar-refractivity contribution is -0.137. The molecule has 9 heteroatoms. The average molecular weight is 470 g/mol. The van der Waals surface area contributed by atoms with Gasteiger partial charge in [-0.15, -0.1) is 0 Å². The third-order valence-electron chi connectivity index (χ3n) is 6.25. The number of rotatable bonds is 5. The van der Waals surface area contributed by atoms with Crippen LogP contribution in [0.25, 0.3) is 11.4 Å². The SMILES string of the molecule is Cc1cccc(-c2ncccn2)c1C(=O)N1CCC[C@@H](C)C1CNc1ccc(C(F)(F)F)cn1. The van der Waals surface area contributed by atoms with Crippen molar-refractivity contribution < 1.29 is 18.0 Å². The molecule has 0 spiro atoms. The Morgan fingerprint density at radius 2 is 1.88 bits per heavy atom. The largest absolute Gasteiger partial charge is 0.417 e. The van der Waals surface area contributed by atoms with E-state index < -0.39 is 11.7 Å². The van der Waals surface area contributed by atoms with Crippen molar-refractivity contribution in [1.82, 2.24) is 19.9 Å². The zero-order valence-electron chi connectivity index (χ0n) is 19.0. The Balaban J connectivity index is 1.58. The lowest BCUT2D eigenvalue weighted by atomic mass is 9.89. The Hall–Kier alpha value is -3.49. The molecule has 0 saturated carbocycles. The van der Waals surface area contributed by atoms with Crippen molar-refractivity contribution in [2.75, 3.05) is 18.4 Å². The van der Waals surface area contributed by atoms with Crippen LogP contribution in [0.1, 0.15) is 41.3 Å². The van der Waals surface area contributed by atoms with Crippen LogP contribution < -0.4 is 5.32 Å². The maximum Gasteiger partial charge on any atom is 0.417 e. The van der Waals surface area contributed by atoms with E-state index in [1.165, 1.54) is 6.07 Å². The molecule has 1 N–H and O–H groups in total. The monoisotopic (exact) mass is 469 g/mol. The first-order valence-electron chi connectivity index (χ1n) is 11.2. The van der Waals surface area contributed by atoms with Crippen molar-refractivity contribution in [2.45, 2.75) is 38.9 Å². The van der Waals surface area contributed by atoms with Crippen molar-refractivity contribution in [2.24, 2.45) is 5.92 Å². The highest BCUT2D eigenvalue weighted by atomic mass is 19.4. The first kappa shape index (κ1) is 23.7. The number of hydrogen-bond donors (Lipinski definition) is 1. The smallest absolute Gasteiger partial charge is 0.368 e. The molecule has 0 bridgehead atoms. The maximum absolute atomic E-state index is 13.8. The molecule has 2 aromatic heterocycles. The van der Waals surface area contributed by atoms with E-state index in [-0.39, 0.29) is 17.9 Å². The second-order valence-electron chi connectivity index (χ2n) is 8.57. The Bertz CT molecular complexity index is 1140. The lowest BCUT2D eigenvalue weighted by Gasteiger charge is -2.40. The third-order valence-corrected chi connectivity index (χ3v) is 6.25. The standard InChI is InChI=1S/C25H26F3N5O/c1-16-7-4-13-33(20(16)15-32-21-10-9-18(14-31-21)25(26,27)28)24(34)22-17(2)6-3-8-19(22)23-29-11-5-12-30-23/h3,5-6,8-12,14,16,20H,4,7,13,15H2,1-2H3,(H,31,32)/t16-,20?/m1/s1. The second kappa shape index (κ2) is 9.79. The van der Waals surface area contributed by atoms with Crippen LogP contribution in [0.15, 0.2) is 55.0 Å². The highest BCUT2D eigenvalue weighted by molar-refractivity contribution is 6.01. The van der Waals surface area contributed by atoms with E-state index in [1.807, 2.05) is 30.0 Å². The molecule has 1 aromatic carbocycles. The van der Waals surface area contributed by atoms with Crippen LogP contribution in [-0.2, 0) is 6.18 Å². The van der Waals surface area contributed by atoms with Crippen LogP contribution in [0.3, 0.4) is 0 Å². The second-order valence-corrected chi connectivity index (χ2v) is 8.57. The molecule has 4 rings (SSSR count). The van der Waals surface area contributed by atoms with Crippen LogP contribution in [0, 0.1) is 12.8 Å². The molecule has 6 nitrogen and oxygen atoms in total. The molecule has 178 valence electrons. The number of anilines is 1. The van der Waals surface area contributed by atoms with Crippen LogP contribution >= 0.6 is 0 Å². The number of aryl methyl sites for hydroxylation is 1. The fourth-order valence-electron chi connectivity index (χ4n) is 4.41. The van der Waals surface area contributed by atoms with Gasteiger partial charge in [0.25, 0.3) is 5.91 Å². The summed E-state index contributed by atoms with van der Waals surface area (Å²) in [5, 5.41) is 3.12. The fourth-order valence-corrected chi connectivity index (χ4v) is 4.41. The summed E-state index contributed by atoms with van der Waals surface area (Å²) in [7, 11) is 0. The highest BCUT2D eigenvalue weighted by Crippen LogP contribution is 2.31. The summed E-state index contributed by atoms with van der Waals surface area (Å²) in [4.78, 5) is 28.3. The molecule has 3 heterocycles. The molecule has 1 amide bonds. The lowest BCUT2D eigenvalue weighted by Crippen LogP contribution is -2.51. The minimum absolute atomic E-state index is 0.0979. The molecule has 0 aliphatic carbocycles. The summed E-state index contributed by atoms with van der Waals surface area (Å²) in [5.74, 6) is 0.940. The topological polar surface area (TPSA) is 71.0 Å². The van der Waals surface area contributed by atoms with E-state index >= 15 is 0 Å². The van der Waals surface area contributed by atoms with Crippen LogP contribution in [-0.4, -0.2) is 44.9 Å². The maximum atomic E-state index is 13.8.